The van der Waals surface area contributed by atoms with Gasteiger partial charge in [0.2, 0.25) is 0 Å². The van der Waals surface area contributed by atoms with Gasteiger partial charge in [-0.25, -0.2) is 0 Å². The summed E-state index contributed by atoms with van der Waals surface area (Å²) in [5.74, 6) is 0.788. The summed E-state index contributed by atoms with van der Waals surface area (Å²) in [4.78, 5) is 2.40. The van der Waals surface area contributed by atoms with E-state index in [-0.39, 0.29) is 0 Å². The summed E-state index contributed by atoms with van der Waals surface area (Å²) in [6, 6.07) is 9.67. The van der Waals surface area contributed by atoms with E-state index in [4.69, 9.17) is 0 Å². The molecule has 1 N–H and O–H groups in total. The molecule has 3 heteroatoms. The van der Waals surface area contributed by atoms with Crippen molar-refractivity contribution in [2.24, 2.45) is 5.92 Å². The highest BCUT2D eigenvalue weighted by molar-refractivity contribution is 5.61. The number of nitrogens with one attached hydrogen (secondary N) is 1. The summed E-state index contributed by atoms with van der Waals surface area (Å²) in [5.41, 5.74) is 3.09. The third kappa shape index (κ3) is 3.98. The molecule has 0 bridgehead atoms. The van der Waals surface area contributed by atoms with E-state index in [0.29, 0.717) is 12.1 Å². The molecule has 1 aliphatic rings. The van der Waals surface area contributed by atoms with E-state index < -0.39 is 0 Å². The molecule has 0 aromatic heterocycles. The number of benzene rings is 1. The van der Waals surface area contributed by atoms with Crippen molar-refractivity contribution in [2.75, 3.05) is 11.4 Å². The molecule has 21 heavy (non-hydrogen) atoms. The zero-order valence-electron chi connectivity index (χ0n) is 13.7. The Morgan fingerprint density at radius 3 is 2.76 bits per heavy atom. The van der Waals surface area contributed by atoms with Crippen LogP contribution in [0, 0.1) is 17.2 Å². The Balaban J connectivity index is 2.18. The smallest absolute Gasteiger partial charge is 0.101 e. The fourth-order valence-electron chi connectivity index (χ4n) is 3.12. The van der Waals surface area contributed by atoms with Gasteiger partial charge in [0.05, 0.1) is 11.3 Å². The Hall–Kier alpha value is -1.53. The lowest BCUT2D eigenvalue weighted by atomic mass is 9.92. The average molecular weight is 285 g/mol. The lowest BCUT2D eigenvalue weighted by Crippen LogP contribution is -2.40. The molecule has 114 valence electrons. The summed E-state index contributed by atoms with van der Waals surface area (Å²) < 4.78 is 0. The van der Waals surface area contributed by atoms with Gasteiger partial charge in [0, 0.05) is 25.2 Å². The summed E-state index contributed by atoms with van der Waals surface area (Å²) in [7, 11) is 0. The van der Waals surface area contributed by atoms with E-state index in [1.54, 1.807) is 0 Å². The summed E-state index contributed by atoms with van der Waals surface area (Å²) in [5, 5.41) is 12.9. The van der Waals surface area contributed by atoms with Crippen LogP contribution in [-0.2, 0) is 6.54 Å². The zero-order chi connectivity index (χ0) is 15.4. The summed E-state index contributed by atoms with van der Waals surface area (Å²) in [6.07, 6.45) is 2.42. The quantitative estimate of drug-likeness (QED) is 0.917. The molecule has 3 nitrogen and oxygen atoms in total. The molecule has 1 heterocycles. The van der Waals surface area contributed by atoms with Gasteiger partial charge in [-0.1, -0.05) is 26.8 Å². The van der Waals surface area contributed by atoms with Crippen LogP contribution in [0.4, 0.5) is 5.69 Å². The van der Waals surface area contributed by atoms with Crippen LogP contribution < -0.4 is 10.2 Å². The van der Waals surface area contributed by atoms with Crippen molar-refractivity contribution in [3.63, 3.8) is 0 Å². The first-order valence-electron chi connectivity index (χ1n) is 8.04. The van der Waals surface area contributed by atoms with Crippen LogP contribution in [0.1, 0.15) is 51.7 Å². The Labute approximate surface area is 129 Å². The second-order valence-corrected chi connectivity index (χ2v) is 6.67. The second-order valence-electron chi connectivity index (χ2n) is 6.67. The summed E-state index contributed by atoms with van der Waals surface area (Å²) >= 11 is 0. The normalized spacial score (nSPS) is 22.4. The van der Waals surface area contributed by atoms with Crippen molar-refractivity contribution in [1.82, 2.24) is 5.32 Å². The van der Waals surface area contributed by atoms with E-state index in [2.05, 4.69) is 56.1 Å². The molecule has 0 saturated carbocycles. The minimum atomic E-state index is 0.457. The first kappa shape index (κ1) is 15.9. The van der Waals surface area contributed by atoms with Crippen LogP contribution in [-0.4, -0.2) is 18.6 Å². The molecule has 1 aliphatic heterocycles. The maximum Gasteiger partial charge on any atom is 0.101 e. The lowest BCUT2D eigenvalue weighted by Gasteiger charge is -2.38. The molecule has 0 radical (unpaired) electrons. The molecular weight excluding hydrogens is 258 g/mol. The Bertz CT molecular complexity index is 516. The minimum Gasteiger partial charge on any atom is -0.368 e. The SMILES string of the molecule is CC1CCN(c2ccc(CNC(C)C)cc2C#N)C(C)C1. The van der Waals surface area contributed by atoms with Crippen molar-refractivity contribution >= 4 is 5.69 Å². The average Bonchev–Trinajstić information content (AvgIpc) is 2.45. The molecule has 2 unspecified atom stereocenters. The van der Waals surface area contributed by atoms with Gasteiger partial charge < -0.3 is 10.2 Å². The first-order chi connectivity index (χ1) is 10.0. The number of rotatable bonds is 4. The van der Waals surface area contributed by atoms with E-state index in [0.717, 1.165) is 30.3 Å². The highest BCUT2D eigenvalue weighted by Crippen LogP contribution is 2.30. The first-order valence-corrected chi connectivity index (χ1v) is 8.04. The van der Waals surface area contributed by atoms with Gasteiger partial charge in [-0.15, -0.1) is 0 Å². The molecule has 1 aromatic rings. The molecular formula is C18H27N3. The number of hydrogen-bond acceptors (Lipinski definition) is 3. The van der Waals surface area contributed by atoms with Crippen molar-refractivity contribution in [3.05, 3.63) is 29.3 Å². The van der Waals surface area contributed by atoms with E-state index in [9.17, 15) is 5.26 Å². The Kier molecular flexibility index (Phi) is 5.25. The highest BCUT2D eigenvalue weighted by Gasteiger charge is 2.24. The number of nitrogens with zero attached hydrogens (tertiary/aromatic N) is 2. The standard InChI is InChI=1S/C18H27N3/c1-13(2)20-12-16-5-6-18(17(10-16)11-19)21-8-7-14(3)9-15(21)4/h5-6,10,13-15,20H,7-9,12H2,1-4H3. The molecule has 2 atom stereocenters. The van der Waals surface area contributed by atoms with Crippen molar-refractivity contribution in [3.8, 4) is 6.07 Å². The van der Waals surface area contributed by atoms with Gasteiger partial charge in [0.15, 0.2) is 0 Å². The van der Waals surface area contributed by atoms with Crippen LogP contribution in [0.2, 0.25) is 0 Å². The number of hydrogen-bond donors (Lipinski definition) is 1. The summed E-state index contributed by atoms with van der Waals surface area (Å²) in [6.45, 7) is 10.7. The monoisotopic (exact) mass is 285 g/mol. The molecule has 1 fully saturated rings. The lowest BCUT2D eigenvalue weighted by molar-refractivity contribution is 0.378. The van der Waals surface area contributed by atoms with Gasteiger partial charge in [0.1, 0.15) is 6.07 Å². The van der Waals surface area contributed by atoms with Crippen LogP contribution in [0.3, 0.4) is 0 Å². The van der Waals surface area contributed by atoms with Crippen molar-refractivity contribution < 1.29 is 0 Å². The Morgan fingerprint density at radius 2 is 2.14 bits per heavy atom. The fourth-order valence-corrected chi connectivity index (χ4v) is 3.12. The number of nitriles is 1. The van der Waals surface area contributed by atoms with E-state index in [1.807, 2.05) is 6.07 Å². The van der Waals surface area contributed by atoms with Crippen LogP contribution in [0.5, 0.6) is 0 Å². The minimum absolute atomic E-state index is 0.457. The van der Waals surface area contributed by atoms with Crippen molar-refractivity contribution in [2.45, 2.75) is 59.2 Å². The van der Waals surface area contributed by atoms with Gasteiger partial charge in [0.25, 0.3) is 0 Å². The van der Waals surface area contributed by atoms with Gasteiger partial charge >= 0.3 is 0 Å². The van der Waals surface area contributed by atoms with Crippen molar-refractivity contribution in [1.29, 1.82) is 5.26 Å². The molecule has 1 saturated heterocycles. The predicted octanol–water partition coefficient (Wildman–Crippen LogP) is 3.68. The zero-order valence-corrected chi connectivity index (χ0v) is 13.7. The maximum absolute atomic E-state index is 9.49. The van der Waals surface area contributed by atoms with Crippen LogP contribution in [0.15, 0.2) is 18.2 Å². The van der Waals surface area contributed by atoms with Crippen LogP contribution >= 0.6 is 0 Å². The van der Waals surface area contributed by atoms with Crippen LogP contribution in [0.25, 0.3) is 0 Å². The van der Waals surface area contributed by atoms with Gasteiger partial charge in [-0.2, -0.15) is 5.26 Å². The molecule has 0 aliphatic carbocycles. The Morgan fingerprint density at radius 1 is 1.38 bits per heavy atom. The topological polar surface area (TPSA) is 39.1 Å². The highest BCUT2D eigenvalue weighted by atomic mass is 15.2. The third-order valence-electron chi connectivity index (χ3n) is 4.34. The predicted molar refractivity (Wildman–Crippen MR) is 88.3 cm³/mol. The largest absolute Gasteiger partial charge is 0.368 e. The van der Waals surface area contributed by atoms with E-state index in [1.165, 1.54) is 18.4 Å². The second kappa shape index (κ2) is 6.95. The van der Waals surface area contributed by atoms with Gasteiger partial charge in [-0.3, -0.25) is 0 Å². The fraction of sp³-hybridized carbons (Fsp3) is 0.611. The van der Waals surface area contributed by atoms with Gasteiger partial charge in [-0.05, 0) is 43.4 Å². The third-order valence-corrected chi connectivity index (χ3v) is 4.34. The number of anilines is 1. The maximum atomic E-state index is 9.49. The van der Waals surface area contributed by atoms with E-state index >= 15 is 0 Å². The number of piperidine rings is 1. The molecule has 2 rings (SSSR count). The molecule has 0 spiro atoms. The molecule has 0 amide bonds. The molecule has 1 aromatic carbocycles.